The van der Waals surface area contributed by atoms with Gasteiger partial charge in [-0.2, -0.15) is 0 Å². The van der Waals surface area contributed by atoms with Crippen molar-refractivity contribution in [3.63, 3.8) is 0 Å². The minimum absolute atomic E-state index is 0.199. The van der Waals surface area contributed by atoms with Gasteiger partial charge in [0.05, 0.1) is 17.0 Å². The van der Waals surface area contributed by atoms with E-state index in [1.807, 2.05) is 47.8 Å². The van der Waals surface area contributed by atoms with Crippen LogP contribution in [0.4, 0.5) is 0 Å². The minimum atomic E-state index is -0.507. The van der Waals surface area contributed by atoms with Gasteiger partial charge in [0.15, 0.2) is 17.2 Å². The van der Waals surface area contributed by atoms with E-state index in [0.717, 1.165) is 10.4 Å². The summed E-state index contributed by atoms with van der Waals surface area (Å²) >= 11 is 7.88. The number of aliphatic imine (C=N–C) groups is 1. The lowest BCUT2D eigenvalue weighted by Gasteiger charge is -2.13. The Balaban J connectivity index is 1.59. The van der Waals surface area contributed by atoms with E-state index >= 15 is 0 Å². The Hall–Kier alpha value is -3.09. The predicted octanol–water partition coefficient (Wildman–Crippen LogP) is 5.33. The third-order valence-electron chi connectivity index (χ3n) is 4.13. The van der Waals surface area contributed by atoms with Crippen molar-refractivity contribution in [3.8, 4) is 11.5 Å². The van der Waals surface area contributed by atoms with E-state index in [4.69, 9.17) is 25.8 Å². The molecule has 0 fully saturated rings. The van der Waals surface area contributed by atoms with Crippen molar-refractivity contribution in [1.82, 2.24) is 0 Å². The number of halogens is 1. The number of carbonyl (C=O) groups excluding carboxylic acids is 1. The van der Waals surface area contributed by atoms with Crippen LogP contribution in [0.3, 0.4) is 0 Å². The first kappa shape index (κ1) is 19.2. The lowest BCUT2D eigenvalue weighted by molar-refractivity contribution is -0.129. The van der Waals surface area contributed by atoms with Crippen molar-refractivity contribution < 1.29 is 19.0 Å². The van der Waals surface area contributed by atoms with Crippen LogP contribution in [-0.4, -0.2) is 19.0 Å². The number of cyclic esters (lactones) is 1. The van der Waals surface area contributed by atoms with Gasteiger partial charge in [-0.25, -0.2) is 9.79 Å². The molecule has 3 aromatic rings. The molecule has 0 N–H and O–H groups in total. The van der Waals surface area contributed by atoms with Crippen LogP contribution < -0.4 is 9.47 Å². The maximum atomic E-state index is 12.2. The Morgan fingerprint density at radius 2 is 2.00 bits per heavy atom. The number of thiophene rings is 1. The molecule has 1 aliphatic rings. The van der Waals surface area contributed by atoms with Crippen LogP contribution in [0.1, 0.15) is 16.0 Å². The summed E-state index contributed by atoms with van der Waals surface area (Å²) in [4.78, 5) is 17.2. The van der Waals surface area contributed by atoms with Crippen LogP contribution >= 0.6 is 22.9 Å². The first-order valence-electron chi connectivity index (χ1n) is 8.75. The number of benzene rings is 2. The van der Waals surface area contributed by atoms with Gasteiger partial charge in [0.2, 0.25) is 5.90 Å². The van der Waals surface area contributed by atoms with E-state index in [9.17, 15) is 4.79 Å². The Kier molecular flexibility index (Phi) is 5.64. The van der Waals surface area contributed by atoms with Gasteiger partial charge < -0.3 is 14.2 Å². The number of methoxy groups -OCH3 is 1. The molecule has 5 nitrogen and oxygen atoms in total. The number of hydrogen-bond acceptors (Lipinski definition) is 6. The SMILES string of the molecule is COc1cc(/C=C2\N=C(c3cccs3)OC2=O)cc(Cl)c1OCc1ccccc1. The minimum Gasteiger partial charge on any atom is -0.493 e. The van der Waals surface area contributed by atoms with Crippen molar-refractivity contribution in [2.24, 2.45) is 4.99 Å². The monoisotopic (exact) mass is 425 g/mol. The lowest BCUT2D eigenvalue weighted by Crippen LogP contribution is -2.03. The van der Waals surface area contributed by atoms with E-state index < -0.39 is 5.97 Å². The molecule has 0 aliphatic carbocycles. The largest absolute Gasteiger partial charge is 0.493 e. The molecule has 0 unspecified atom stereocenters. The van der Waals surface area contributed by atoms with Crippen LogP contribution in [-0.2, 0) is 16.1 Å². The average Bonchev–Trinajstić information content (AvgIpc) is 3.38. The van der Waals surface area contributed by atoms with E-state index in [-0.39, 0.29) is 5.70 Å². The second kappa shape index (κ2) is 8.51. The molecule has 0 radical (unpaired) electrons. The summed E-state index contributed by atoms with van der Waals surface area (Å²) in [7, 11) is 1.54. The summed E-state index contributed by atoms with van der Waals surface area (Å²) < 4.78 is 16.6. The number of esters is 1. The highest BCUT2D eigenvalue weighted by atomic mass is 35.5. The van der Waals surface area contributed by atoms with Crippen molar-refractivity contribution >= 4 is 40.9 Å². The number of carbonyl (C=O) groups is 1. The van der Waals surface area contributed by atoms with Crippen LogP contribution in [0.25, 0.3) is 6.08 Å². The average molecular weight is 426 g/mol. The summed E-state index contributed by atoms with van der Waals surface area (Å²) in [6.07, 6.45) is 1.61. The van der Waals surface area contributed by atoms with E-state index in [2.05, 4.69) is 4.99 Å². The first-order chi connectivity index (χ1) is 14.1. The van der Waals surface area contributed by atoms with E-state index in [0.29, 0.717) is 34.6 Å². The van der Waals surface area contributed by atoms with Crippen molar-refractivity contribution in [3.05, 3.63) is 86.7 Å². The van der Waals surface area contributed by atoms with Crippen molar-refractivity contribution in [2.75, 3.05) is 7.11 Å². The van der Waals surface area contributed by atoms with Crippen molar-refractivity contribution in [1.29, 1.82) is 0 Å². The summed E-state index contributed by atoms with van der Waals surface area (Å²) in [5, 5.41) is 2.27. The van der Waals surface area contributed by atoms with Crippen LogP contribution in [0.2, 0.25) is 5.02 Å². The zero-order valence-corrected chi connectivity index (χ0v) is 17.0. The molecular weight excluding hydrogens is 410 g/mol. The molecular formula is C22H16ClNO4S. The highest BCUT2D eigenvalue weighted by Gasteiger charge is 2.25. The number of hydrogen-bond donors (Lipinski definition) is 0. The lowest BCUT2D eigenvalue weighted by atomic mass is 10.1. The van der Waals surface area contributed by atoms with Gasteiger partial charge in [0.1, 0.15) is 6.61 Å². The Labute approximate surface area is 176 Å². The summed E-state index contributed by atoms with van der Waals surface area (Å²) in [5.74, 6) is 0.705. The zero-order valence-electron chi connectivity index (χ0n) is 15.4. The molecule has 0 bridgehead atoms. The standard InChI is InChI=1S/C22H16ClNO4S/c1-26-18-12-15(10-16(23)20(18)27-13-14-6-3-2-4-7-14)11-17-22(25)28-21(24-17)19-8-5-9-29-19/h2-12H,13H2,1H3/b17-11-. The van der Waals surface area contributed by atoms with Gasteiger partial charge in [-0.3, -0.25) is 0 Å². The molecule has 0 saturated carbocycles. The van der Waals surface area contributed by atoms with Gasteiger partial charge in [0, 0.05) is 0 Å². The molecule has 2 aromatic carbocycles. The van der Waals surface area contributed by atoms with Crippen LogP contribution in [0, 0.1) is 0 Å². The molecule has 0 amide bonds. The molecule has 0 spiro atoms. The van der Waals surface area contributed by atoms with Crippen LogP contribution in [0.5, 0.6) is 11.5 Å². The van der Waals surface area contributed by atoms with E-state index in [1.165, 1.54) is 18.4 Å². The molecule has 0 saturated heterocycles. The Morgan fingerprint density at radius 1 is 1.17 bits per heavy atom. The fourth-order valence-electron chi connectivity index (χ4n) is 2.77. The normalized spacial score (nSPS) is 14.6. The van der Waals surface area contributed by atoms with Crippen molar-refractivity contribution in [2.45, 2.75) is 6.61 Å². The molecule has 2 heterocycles. The smallest absolute Gasteiger partial charge is 0.363 e. The highest BCUT2D eigenvalue weighted by molar-refractivity contribution is 7.12. The maximum Gasteiger partial charge on any atom is 0.363 e. The summed E-state index contributed by atoms with van der Waals surface area (Å²) in [6, 6.07) is 16.9. The molecule has 7 heteroatoms. The van der Waals surface area contributed by atoms with Gasteiger partial charge in [-0.1, -0.05) is 48.0 Å². The fourth-order valence-corrected chi connectivity index (χ4v) is 3.69. The third kappa shape index (κ3) is 4.34. The van der Waals surface area contributed by atoms with Gasteiger partial charge in [-0.05, 0) is 40.8 Å². The second-order valence-corrected chi connectivity index (χ2v) is 7.48. The number of nitrogens with zero attached hydrogens (tertiary/aromatic N) is 1. The number of rotatable bonds is 6. The topological polar surface area (TPSA) is 57.1 Å². The second-order valence-electron chi connectivity index (χ2n) is 6.12. The third-order valence-corrected chi connectivity index (χ3v) is 5.27. The maximum absolute atomic E-state index is 12.2. The number of ether oxygens (including phenoxy) is 3. The summed E-state index contributed by atoms with van der Waals surface area (Å²) in [6.45, 7) is 0.359. The first-order valence-corrected chi connectivity index (χ1v) is 10.0. The van der Waals surface area contributed by atoms with Gasteiger partial charge in [-0.15, -0.1) is 11.3 Å². The zero-order chi connectivity index (χ0) is 20.2. The summed E-state index contributed by atoms with van der Waals surface area (Å²) in [5.41, 5.74) is 1.87. The van der Waals surface area contributed by atoms with Gasteiger partial charge in [0.25, 0.3) is 0 Å². The molecule has 0 atom stereocenters. The molecule has 146 valence electrons. The van der Waals surface area contributed by atoms with E-state index in [1.54, 1.807) is 18.2 Å². The molecule has 29 heavy (non-hydrogen) atoms. The Bertz CT molecular complexity index is 1090. The molecule has 1 aromatic heterocycles. The fraction of sp³-hybridized carbons (Fsp3) is 0.0909. The Morgan fingerprint density at radius 3 is 2.72 bits per heavy atom. The predicted molar refractivity (Wildman–Crippen MR) is 114 cm³/mol. The van der Waals surface area contributed by atoms with Gasteiger partial charge >= 0.3 is 5.97 Å². The highest BCUT2D eigenvalue weighted by Crippen LogP contribution is 2.38. The van der Waals surface area contributed by atoms with Crippen LogP contribution in [0.15, 0.2) is 70.7 Å². The quantitative estimate of drug-likeness (QED) is 0.395. The molecule has 1 aliphatic heterocycles. The molecule has 4 rings (SSSR count).